The molecular weight excluding hydrogens is 290 g/mol. The van der Waals surface area contributed by atoms with E-state index in [1.165, 1.54) is 5.56 Å². The van der Waals surface area contributed by atoms with Gasteiger partial charge in [-0.3, -0.25) is 4.57 Å². The molecule has 3 rings (SSSR count). The third kappa shape index (κ3) is 1.69. The van der Waals surface area contributed by atoms with Crippen molar-refractivity contribution < 1.29 is 0 Å². The monoisotopic (exact) mass is 301 g/mol. The van der Waals surface area contributed by atoms with E-state index in [0.29, 0.717) is 0 Å². The SMILES string of the molecule is Cc1cccc(-n2cnc3cc(N)ccc32)c1Br. The van der Waals surface area contributed by atoms with Gasteiger partial charge < -0.3 is 5.73 Å². The van der Waals surface area contributed by atoms with Gasteiger partial charge in [0.05, 0.1) is 16.7 Å². The molecule has 0 bridgehead atoms. The summed E-state index contributed by atoms with van der Waals surface area (Å²) in [5.41, 5.74) is 10.7. The van der Waals surface area contributed by atoms with E-state index in [1.54, 1.807) is 0 Å². The minimum atomic E-state index is 0.732. The summed E-state index contributed by atoms with van der Waals surface area (Å²) in [5, 5.41) is 0. The van der Waals surface area contributed by atoms with E-state index in [4.69, 9.17) is 5.73 Å². The van der Waals surface area contributed by atoms with Crippen molar-refractivity contribution >= 4 is 32.7 Å². The lowest BCUT2D eigenvalue weighted by molar-refractivity contribution is 1.08. The number of nitrogens with two attached hydrogens (primary N) is 1. The Kier molecular flexibility index (Phi) is 2.59. The molecule has 90 valence electrons. The number of rotatable bonds is 1. The summed E-state index contributed by atoms with van der Waals surface area (Å²) in [5.74, 6) is 0. The van der Waals surface area contributed by atoms with Gasteiger partial charge >= 0.3 is 0 Å². The van der Waals surface area contributed by atoms with Crippen LogP contribution in [0.4, 0.5) is 5.69 Å². The largest absolute Gasteiger partial charge is 0.399 e. The first kappa shape index (κ1) is 11.3. The van der Waals surface area contributed by atoms with Crippen molar-refractivity contribution in [3.63, 3.8) is 0 Å². The van der Waals surface area contributed by atoms with Crippen LogP contribution in [0.1, 0.15) is 5.56 Å². The van der Waals surface area contributed by atoms with Crippen LogP contribution in [-0.4, -0.2) is 9.55 Å². The summed E-state index contributed by atoms with van der Waals surface area (Å²) in [7, 11) is 0. The number of nitrogens with zero attached hydrogens (tertiary/aromatic N) is 2. The van der Waals surface area contributed by atoms with Crippen molar-refractivity contribution in [2.24, 2.45) is 0 Å². The van der Waals surface area contributed by atoms with Crippen LogP contribution in [0, 0.1) is 6.92 Å². The first-order chi connectivity index (χ1) is 8.66. The number of aryl methyl sites for hydroxylation is 1. The predicted octanol–water partition coefficient (Wildman–Crippen LogP) is 3.68. The van der Waals surface area contributed by atoms with Crippen molar-refractivity contribution in [3.05, 3.63) is 52.8 Å². The van der Waals surface area contributed by atoms with Crippen molar-refractivity contribution in [1.29, 1.82) is 0 Å². The molecule has 1 aromatic heterocycles. The standard InChI is InChI=1S/C14H12BrN3/c1-9-3-2-4-13(14(9)15)18-8-17-11-7-10(16)5-6-12(11)18/h2-8H,16H2,1H3. The molecule has 0 saturated heterocycles. The molecule has 0 saturated carbocycles. The van der Waals surface area contributed by atoms with Crippen LogP contribution in [-0.2, 0) is 0 Å². The zero-order chi connectivity index (χ0) is 12.7. The van der Waals surface area contributed by atoms with Crippen molar-refractivity contribution in [1.82, 2.24) is 9.55 Å². The topological polar surface area (TPSA) is 43.8 Å². The van der Waals surface area contributed by atoms with Gasteiger partial charge in [-0.1, -0.05) is 12.1 Å². The van der Waals surface area contributed by atoms with Gasteiger partial charge in [-0.2, -0.15) is 0 Å². The van der Waals surface area contributed by atoms with Crippen molar-refractivity contribution in [2.75, 3.05) is 5.73 Å². The summed E-state index contributed by atoms with van der Waals surface area (Å²) in [6, 6.07) is 11.9. The van der Waals surface area contributed by atoms with Crippen LogP contribution in [0.2, 0.25) is 0 Å². The van der Waals surface area contributed by atoms with Gasteiger partial charge in [0, 0.05) is 10.2 Å². The van der Waals surface area contributed by atoms with Crippen molar-refractivity contribution in [2.45, 2.75) is 6.92 Å². The van der Waals surface area contributed by atoms with Gasteiger partial charge in [0.1, 0.15) is 6.33 Å². The molecule has 0 aliphatic carbocycles. The second-order valence-corrected chi connectivity index (χ2v) is 5.06. The third-order valence-corrected chi connectivity index (χ3v) is 4.03. The van der Waals surface area contributed by atoms with E-state index in [0.717, 1.165) is 26.9 Å². The lowest BCUT2D eigenvalue weighted by Crippen LogP contribution is -1.94. The van der Waals surface area contributed by atoms with Gasteiger partial charge in [-0.25, -0.2) is 4.98 Å². The quantitative estimate of drug-likeness (QED) is 0.697. The van der Waals surface area contributed by atoms with Gasteiger partial charge in [-0.15, -0.1) is 0 Å². The Labute approximate surface area is 113 Å². The lowest BCUT2D eigenvalue weighted by atomic mass is 10.2. The molecule has 1 heterocycles. The number of aromatic nitrogens is 2. The molecule has 4 heteroatoms. The highest BCUT2D eigenvalue weighted by Crippen LogP contribution is 2.28. The normalized spacial score (nSPS) is 11.0. The highest BCUT2D eigenvalue weighted by molar-refractivity contribution is 9.10. The third-order valence-electron chi connectivity index (χ3n) is 3.00. The fourth-order valence-corrected chi connectivity index (χ4v) is 2.50. The molecule has 2 N–H and O–H groups in total. The van der Waals surface area contributed by atoms with Gasteiger partial charge in [0.25, 0.3) is 0 Å². The molecular formula is C14H12BrN3. The molecule has 0 atom stereocenters. The van der Waals surface area contributed by atoms with Gasteiger partial charge in [0.15, 0.2) is 0 Å². The number of hydrogen-bond acceptors (Lipinski definition) is 2. The molecule has 0 amide bonds. The Morgan fingerprint density at radius 1 is 1.22 bits per heavy atom. The van der Waals surface area contributed by atoms with E-state index in [9.17, 15) is 0 Å². The van der Waals surface area contributed by atoms with Crippen LogP contribution in [0.25, 0.3) is 16.7 Å². The summed E-state index contributed by atoms with van der Waals surface area (Å²) in [6.07, 6.45) is 1.82. The molecule has 0 radical (unpaired) electrons. The van der Waals surface area contributed by atoms with E-state index < -0.39 is 0 Å². The van der Waals surface area contributed by atoms with Crippen molar-refractivity contribution in [3.8, 4) is 5.69 Å². The molecule has 0 aliphatic rings. The van der Waals surface area contributed by atoms with Crippen LogP contribution in [0.15, 0.2) is 47.2 Å². The highest BCUT2D eigenvalue weighted by atomic mass is 79.9. The highest BCUT2D eigenvalue weighted by Gasteiger charge is 2.08. The molecule has 0 unspecified atom stereocenters. The average molecular weight is 302 g/mol. The summed E-state index contributed by atoms with van der Waals surface area (Å²) < 4.78 is 3.15. The second kappa shape index (κ2) is 4.14. The molecule has 3 nitrogen and oxygen atoms in total. The first-order valence-corrected chi connectivity index (χ1v) is 6.44. The number of benzene rings is 2. The average Bonchev–Trinajstić information content (AvgIpc) is 2.75. The molecule has 0 aliphatic heterocycles. The van der Waals surface area contributed by atoms with Gasteiger partial charge in [0.2, 0.25) is 0 Å². The first-order valence-electron chi connectivity index (χ1n) is 5.65. The minimum absolute atomic E-state index is 0.732. The second-order valence-electron chi connectivity index (χ2n) is 4.27. The predicted molar refractivity (Wildman–Crippen MR) is 77.9 cm³/mol. The Morgan fingerprint density at radius 3 is 2.89 bits per heavy atom. The Bertz CT molecular complexity index is 731. The maximum absolute atomic E-state index is 5.77. The smallest absolute Gasteiger partial charge is 0.100 e. The van der Waals surface area contributed by atoms with Crippen LogP contribution in [0.3, 0.4) is 0 Å². The summed E-state index contributed by atoms with van der Waals surface area (Å²) in [4.78, 5) is 4.39. The van der Waals surface area contributed by atoms with Crippen LogP contribution in [0.5, 0.6) is 0 Å². The molecule has 18 heavy (non-hydrogen) atoms. The van der Waals surface area contributed by atoms with E-state index in [1.807, 2.05) is 30.6 Å². The summed E-state index contributed by atoms with van der Waals surface area (Å²) >= 11 is 3.63. The van der Waals surface area contributed by atoms with Gasteiger partial charge in [-0.05, 0) is 52.7 Å². The number of halogens is 1. The number of imidazole rings is 1. The number of nitrogen functional groups attached to an aromatic ring is 1. The number of anilines is 1. The van der Waals surface area contributed by atoms with E-state index >= 15 is 0 Å². The molecule has 0 spiro atoms. The number of hydrogen-bond donors (Lipinski definition) is 1. The van der Waals surface area contributed by atoms with Crippen LogP contribution < -0.4 is 5.73 Å². The fraction of sp³-hybridized carbons (Fsp3) is 0.0714. The maximum atomic E-state index is 5.77. The number of fused-ring (bicyclic) bond motifs is 1. The lowest BCUT2D eigenvalue weighted by Gasteiger charge is -2.09. The zero-order valence-corrected chi connectivity index (χ0v) is 11.5. The molecule has 3 aromatic rings. The Morgan fingerprint density at radius 2 is 2.06 bits per heavy atom. The maximum Gasteiger partial charge on any atom is 0.100 e. The summed E-state index contributed by atoms with van der Waals surface area (Å²) in [6.45, 7) is 2.07. The minimum Gasteiger partial charge on any atom is -0.399 e. The Balaban J connectivity index is 2.29. The molecule has 2 aromatic carbocycles. The fourth-order valence-electron chi connectivity index (χ4n) is 2.04. The molecule has 0 fully saturated rings. The van der Waals surface area contributed by atoms with E-state index in [-0.39, 0.29) is 0 Å². The zero-order valence-electron chi connectivity index (χ0n) is 9.89. The van der Waals surface area contributed by atoms with E-state index in [2.05, 4.69) is 44.5 Å². The van der Waals surface area contributed by atoms with Crippen LogP contribution >= 0.6 is 15.9 Å². The Hall–Kier alpha value is -1.81.